The molecule has 0 aromatic rings. The Balaban J connectivity index is 0.000000407. The van der Waals surface area contributed by atoms with Crippen LogP contribution < -0.4 is 0 Å². The van der Waals surface area contributed by atoms with Gasteiger partial charge in [0, 0.05) is 5.92 Å². The average Bonchev–Trinajstić information content (AvgIpc) is 3.59. The molecule has 0 amide bonds. The molecule has 0 nitrogen and oxygen atoms in total. The summed E-state index contributed by atoms with van der Waals surface area (Å²) in [5, 5.41) is 0. The first kappa shape index (κ1) is 25.0. The Labute approximate surface area is 217 Å². The van der Waals surface area contributed by atoms with Gasteiger partial charge in [-0.15, -0.1) is 0 Å². The average molecular weight is 480 g/mol. The molecular formula is C33H28Fe+2. The standard InChI is InChI=1S/C28H23.C5H5.Fe/c1-19-17-26(24-15-7-3-5-13-22(19)24)28(21-11-9-10-12-21)27-18-20(2)23-14-6-4-8-16-25(23)27;1-2-4-5-3-1;/h3-18,28H,1-2H3;1-5H;/q;;+2. The molecule has 2 saturated carbocycles. The van der Waals surface area contributed by atoms with Crippen molar-refractivity contribution in [1.82, 2.24) is 0 Å². The molecule has 2 fully saturated rings. The largest absolute Gasteiger partial charge is 2.00 e. The Hall–Kier alpha value is -2.08. The first-order chi connectivity index (χ1) is 16.2. The Morgan fingerprint density at radius 1 is 0.471 bits per heavy atom. The van der Waals surface area contributed by atoms with Crippen molar-refractivity contribution in [3.63, 3.8) is 0 Å². The number of aryl methyl sites for hydroxylation is 2. The number of hydrogen-bond donors (Lipinski definition) is 0. The van der Waals surface area contributed by atoms with E-state index < -0.39 is 0 Å². The van der Waals surface area contributed by atoms with E-state index in [1.54, 1.807) is 0 Å². The summed E-state index contributed by atoms with van der Waals surface area (Å²) < 4.78 is 0. The van der Waals surface area contributed by atoms with E-state index in [1.807, 2.05) is 32.1 Å². The summed E-state index contributed by atoms with van der Waals surface area (Å²) in [4.78, 5) is 0. The third-order valence-electron chi connectivity index (χ3n) is 6.49. The minimum absolute atomic E-state index is 0. The van der Waals surface area contributed by atoms with Crippen LogP contribution in [0.15, 0.2) is 72.8 Å². The van der Waals surface area contributed by atoms with Crippen LogP contribution in [0.2, 0.25) is 0 Å². The van der Waals surface area contributed by atoms with Crippen molar-refractivity contribution in [3.8, 4) is 22.3 Å². The summed E-state index contributed by atoms with van der Waals surface area (Å²) in [5.41, 5.74) is 10.9. The Morgan fingerprint density at radius 2 is 0.853 bits per heavy atom. The van der Waals surface area contributed by atoms with Gasteiger partial charge in [-0.1, -0.05) is 72.8 Å². The second kappa shape index (κ2) is 11.6. The van der Waals surface area contributed by atoms with E-state index in [0.29, 0.717) is 0 Å². The molecule has 10 radical (unpaired) electrons. The van der Waals surface area contributed by atoms with Crippen molar-refractivity contribution >= 4 is 0 Å². The van der Waals surface area contributed by atoms with Crippen molar-refractivity contribution in [2.45, 2.75) is 19.8 Å². The van der Waals surface area contributed by atoms with Crippen LogP contribution >= 0.6 is 0 Å². The first-order valence-electron chi connectivity index (χ1n) is 11.6. The van der Waals surface area contributed by atoms with Crippen molar-refractivity contribution in [2.24, 2.45) is 0 Å². The van der Waals surface area contributed by atoms with Crippen molar-refractivity contribution in [2.75, 3.05) is 0 Å². The van der Waals surface area contributed by atoms with Gasteiger partial charge in [-0.2, -0.15) is 0 Å². The van der Waals surface area contributed by atoms with Gasteiger partial charge in [0.25, 0.3) is 0 Å². The molecule has 0 atom stereocenters. The molecule has 6 rings (SSSR count). The minimum atomic E-state index is 0. The fourth-order valence-electron chi connectivity index (χ4n) is 4.97. The minimum Gasteiger partial charge on any atom is -0.0622 e. The van der Waals surface area contributed by atoms with Gasteiger partial charge in [0.15, 0.2) is 0 Å². The zero-order valence-corrected chi connectivity index (χ0v) is 20.7. The van der Waals surface area contributed by atoms with Crippen molar-refractivity contribution < 1.29 is 17.1 Å². The fraction of sp³-hybridized carbons (Fsp3) is 0.0909. The molecule has 6 aliphatic rings. The van der Waals surface area contributed by atoms with Crippen LogP contribution in [0.5, 0.6) is 0 Å². The molecule has 0 aromatic heterocycles. The van der Waals surface area contributed by atoms with E-state index in [9.17, 15) is 0 Å². The number of fused-ring (bicyclic) bond motifs is 2. The van der Waals surface area contributed by atoms with Gasteiger partial charge < -0.3 is 0 Å². The monoisotopic (exact) mass is 480 g/mol. The quantitative estimate of drug-likeness (QED) is 0.260. The van der Waals surface area contributed by atoms with E-state index in [0.717, 1.165) is 0 Å². The maximum atomic E-state index is 2.39. The molecule has 0 unspecified atom stereocenters. The molecule has 0 heterocycles. The molecule has 34 heavy (non-hydrogen) atoms. The summed E-state index contributed by atoms with van der Waals surface area (Å²) in [6.07, 6.45) is 18.8. The maximum Gasteiger partial charge on any atom is 2.00 e. The van der Waals surface area contributed by atoms with Crippen LogP contribution in [0.25, 0.3) is 22.3 Å². The fourth-order valence-corrected chi connectivity index (χ4v) is 4.97. The van der Waals surface area contributed by atoms with Crippen LogP contribution in [0.1, 0.15) is 28.2 Å². The number of hydrogen-bond acceptors (Lipinski definition) is 0. The van der Waals surface area contributed by atoms with Crippen LogP contribution in [-0.2, 0) is 17.1 Å². The van der Waals surface area contributed by atoms with Crippen LogP contribution in [0.3, 0.4) is 0 Å². The predicted molar refractivity (Wildman–Crippen MR) is 139 cm³/mol. The SMILES string of the molecule is Cc1cc(C([C]2[CH][CH][CH][CH]2)c2cc(C)c3cccccc2-3)c2cccccc1-2.[CH]1[CH][CH][CH][CH]1.[Fe+2]. The molecular weight excluding hydrogens is 452 g/mol. The topological polar surface area (TPSA) is 0 Å². The van der Waals surface area contributed by atoms with E-state index in [1.165, 1.54) is 50.4 Å². The van der Waals surface area contributed by atoms with Gasteiger partial charge in [0.2, 0.25) is 0 Å². The molecule has 0 aliphatic heterocycles. The molecule has 6 aliphatic carbocycles. The van der Waals surface area contributed by atoms with E-state index in [2.05, 4.69) is 112 Å². The van der Waals surface area contributed by atoms with Crippen molar-refractivity contribution in [3.05, 3.63) is 159 Å². The third-order valence-corrected chi connectivity index (χ3v) is 6.49. The zero-order chi connectivity index (χ0) is 22.6. The number of rotatable bonds is 3. The van der Waals surface area contributed by atoms with Gasteiger partial charge in [-0.3, -0.25) is 0 Å². The zero-order valence-electron chi connectivity index (χ0n) is 19.6. The van der Waals surface area contributed by atoms with Gasteiger partial charge in [0.1, 0.15) is 0 Å². The second-order valence-corrected chi connectivity index (χ2v) is 8.65. The molecule has 0 bridgehead atoms. The molecule has 0 N–H and O–H groups in total. The van der Waals surface area contributed by atoms with Crippen LogP contribution in [0, 0.1) is 77.6 Å². The summed E-state index contributed by atoms with van der Waals surface area (Å²) in [6, 6.07) is 26.6. The first-order valence-corrected chi connectivity index (χ1v) is 11.6. The van der Waals surface area contributed by atoms with Gasteiger partial charge in [-0.25, -0.2) is 0 Å². The van der Waals surface area contributed by atoms with E-state index in [-0.39, 0.29) is 23.0 Å². The molecule has 0 spiro atoms. The summed E-state index contributed by atoms with van der Waals surface area (Å²) in [6.45, 7) is 4.45. The van der Waals surface area contributed by atoms with Gasteiger partial charge >= 0.3 is 17.1 Å². The van der Waals surface area contributed by atoms with E-state index >= 15 is 0 Å². The molecule has 0 aromatic carbocycles. The van der Waals surface area contributed by atoms with Crippen LogP contribution in [-0.4, -0.2) is 0 Å². The molecule has 166 valence electrons. The van der Waals surface area contributed by atoms with Gasteiger partial charge in [-0.05, 0) is 122 Å². The molecule has 0 saturated heterocycles. The van der Waals surface area contributed by atoms with Crippen LogP contribution in [0.4, 0.5) is 0 Å². The normalized spacial score (nSPS) is 16.0. The summed E-state index contributed by atoms with van der Waals surface area (Å²) >= 11 is 0. The van der Waals surface area contributed by atoms with Crippen molar-refractivity contribution in [1.29, 1.82) is 0 Å². The summed E-state index contributed by atoms with van der Waals surface area (Å²) in [5.74, 6) is 1.59. The Bertz CT molecular complexity index is 1050. The predicted octanol–water partition coefficient (Wildman–Crippen LogP) is 8.07. The Morgan fingerprint density at radius 3 is 1.26 bits per heavy atom. The Kier molecular flexibility index (Phi) is 8.51. The summed E-state index contributed by atoms with van der Waals surface area (Å²) in [7, 11) is 0. The molecule has 1 heteroatoms. The smallest absolute Gasteiger partial charge is 0.0622 e. The second-order valence-electron chi connectivity index (χ2n) is 8.65. The van der Waals surface area contributed by atoms with E-state index in [4.69, 9.17) is 0 Å². The third kappa shape index (κ3) is 5.12. The van der Waals surface area contributed by atoms with Gasteiger partial charge in [0.05, 0.1) is 0 Å². The maximum absolute atomic E-state index is 2.39.